The largest absolute Gasteiger partial charge is 0.384 e. The van der Waals surface area contributed by atoms with E-state index in [1.54, 1.807) is 6.07 Å². The molecule has 0 radical (unpaired) electrons. The summed E-state index contributed by atoms with van der Waals surface area (Å²) in [6.45, 7) is 0. The predicted molar refractivity (Wildman–Crippen MR) is 52.7 cm³/mol. The Labute approximate surface area is 83.4 Å². The fraction of sp³-hybridized carbons (Fsp3) is 0. The monoisotopic (exact) mass is 210 g/mol. The Morgan fingerprint density at radius 2 is 2.31 bits per heavy atom. The molecule has 0 atom stereocenters. The fourth-order valence-electron chi connectivity index (χ4n) is 0.785. The van der Waals surface area contributed by atoms with Gasteiger partial charge in [-0.2, -0.15) is 4.37 Å². The number of hydrogen-bond acceptors (Lipinski definition) is 6. The van der Waals surface area contributed by atoms with Gasteiger partial charge in [0.15, 0.2) is 4.34 Å². The molecular weight excluding hydrogens is 204 g/mol. The zero-order chi connectivity index (χ0) is 9.10. The Balaban J connectivity index is 2.19. The number of aromatic nitrogens is 3. The molecule has 0 aliphatic carbocycles. The van der Waals surface area contributed by atoms with Gasteiger partial charge in [-0.25, -0.2) is 9.97 Å². The number of nitrogens with zero attached hydrogens (tertiary/aromatic N) is 3. The van der Waals surface area contributed by atoms with Crippen molar-refractivity contribution in [1.82, 2.24) is 14.3 Å². The lowest BCUT2D eigenvalue weighted by atomic mass is 10.5. The minimum absolute atomic E-state index is 0.523. The fourth-order valence-corrected chi connectivity index (χ4v) is 2.17. The minimum atomic E-state index is 0.523. The van der Waals surface area contributed by atoms with Crippen molar-refractivity contribution in [2.75, 3.05) is 5.73 Å². The van der Waals surface area contributed by atoms with E-state index in [0.29, 0.717) is 5.82 Å². The van der Waals surface area contributed by atoms with Crippen molar-refractivity contribution >= 4 is 29.1 Å². The van der Waals surface area contributed by atoms with Crippen LogP contribution in [0.5, 0.6) is 0 Å². The van der Waals surface area contributed by atoms with E-state index in [4.69, 9.17) is 5.73 Å². The van der Waals surface area contributed by atoms with Crippen molar-refractivity contribution in [3.05, 3.63) is 24.5 Å². The van der Waals surface area contributed by atoms with Gasteiger partial charge in [-0.1, -0.05) is 6.07 Å². The van der Waals surface area contributed by atoms with Gasteiger partial charge in [0.05, 0.1) is 0 Å². The molecule has 0 bridgehead atoms. The average molecular weight is 210 g/mol. The summed E-state index contributed by atoms with van der Waals surface area (Å²) >= 11 is 2.81. The van der Waals surface area contributed by atoms with E-state index < -0.39 is 0 Å². The summed E-state index contributed by atoms with van der Waals surface area (Å²) in [4.78, 5) is 8.16. The molecular formula is C7H6N4S2. The third-order valence-corrected chi connectivity index (χ3v) is 2.93. The van der Waals surface area contributed by atoms with Gasteiger partial charge in [0.1, 0.15) is 17.2 Å². The summed E-state index contributed by atoms with van der Waals surface area (Å²) in [5.74, 6) is 0.523. The van der Waals surface area contributed by atoms with Crippen molar-refractivity contribution in [1.29, 1.82) is 0 Å². The summed E-state index contributed by atoms with van der Waals surface area (Å²) in [6, 6.07) is 5.51. The first kappa shape index (κ1) is 8.46. The highest BCUT2D eigenvalue weighted by Gasteiger charge is 2.01. The molecule has 0 saturated heterocycles. The van der Waals surface area contributed by atoms with Gasteiger partial charge in [-0.3, -0.25) is 0 Å². The van der Waals surface area contributed by atoms with E-state index in [1.165, 1.54) is 29.6 Å². The smallest absolute Gasteiger partial charge is 0.175 e. The number of nitrogens with two attached hydrogens (primary N) is 1. The molecule has 0 aromatic carbocycles. The molecule has 6 heteroatoms. The number of anilines is 1. The standard InChI is InChI=1S/C7H6N4S2/c8-5-2-1-3-6(11-5)12-7-9-4-10-13-7/h1-4H,(H2,8,11). The Hall–Kier alpha value is -1.14. The molecule has 2 rings (SSSR count). The second kappa shape index (κ2) is 3.71. The van der Waals surface area contributed by atoms with Gasteiger partial charge in [0, 0.05) is 0 Å². The summed E-state index contributed by atoms with van der Waals surface area (Å²) in [5, 5.41) is 0.844. The van der Waals surface area contributed by atoms with Crippen LogP contribution in [-0.2, 0) is 0 Å². The average Bonchev–Trinajstić information content (AvgIpc) is 2.57. The van der Waals surface area contributed by atoms with Crippen LogP contribution in [0, 0.1) is 0 Å². The van der Waals surface area contributed by atoms with Crippen LogP contribution in [0.1, 0.15) is 0 Å². The molecule has 2 aromatic rings. The maximum atomic E-state index is 5.53. The highest BCUT2D eigenvalue weighted by molar-refractivity contribution is 8.00. The SMILES string of the molecule is Nc1cccc(Sc2ncns2)n1. The van der Waals surface area contributed by atoms with Gasteiger partial charge >= 0.3 is 0 Å². The molecule has 2 aromatic heterocycles. The lowest BCUT2D eigenvalue weighted by molar-refractivity contribution is 1.13. The molecule has 13 heavy (non-hydrogen) atoms. The highest BCUT2D eigenvalue weighted by atomic mass is 32.2. The molecule has 0 saturated carbocycles. The lowest BCUT2D eigenvalue weighted by Gasteiger charge is -1.96. The van der Waals surface area contributed by atoms with Crippen LogP contribution in [-0.4, -0.2) is 14.3 Å². The second-order valence-electron chi connectivity index (χ2n) is 2.21. The van der Waals surface area contributed by atoms with Crippen LogP contribution in [0.4, 0.5) is 5.82 Å². The van der Waals surface area contributed by atoms with E-state index >= 15 is 0 Å². The lowest BCUT2D eigenvalue weighted by Crippen LogP contribution is -1.89. The van der Waals surface area contributed by atoms with Crippen LogP contribution >= 0.6 is 23.3 Å². The van der Waals surface area contributed by atoms with E-state index in [0.717, 1.165) is 9.37 Å². The summed E-state index contributed by atoms with van der Waals surface area (Å²) in [7, 11) is 0. The summed E-state index contributed by atoms with van der Waals surface area (Å²) < 4.78 is 4.76. The van der Waals surface area contributed by atoms with Crippen LogP contribution in [0.15, 0.2) is 33.9 Å². The van der Waals surface area contributed by atoms with Crippen molar-refractivity contribution in [3.63, 3.8) is 0 Å². The van der Waals surface area contributed by atoms with Crippen molar-refractivity contribution in [2.45, 2.75) is 9.37 Å². The zero-order valence-electron chi connectivity index (χ0n) is 6.54. The van der Waals surface area contributed by atoms with E-state index in [-0.39, 0.29) is 0 Å². The predicted octanol–water partition coefficient (Wildman–Crippen LogP) is 1.67. The van der Waals surface area contributed by atoms with Crippen LogP contribution < -0.4 is 5.73 Å². The van der Waals surface area contributed by atoms with E-state index in [9.17, 15) is 0 Å². The molecule has 0 fully saturated rings. The molecule has 2 heterocycles. The molecule has 2 N–H and O–H groups in total. The topological polar surface area (TPSA) is 64.7 Å². The first-order chi connectivity index (χ1) is 6.34. The molecule has 0 unspecified atom stereocenters. The number of rotatable bonds is 2. The summed E-state index contributed by atoms with van der Waals surface area (Å²) in [6.07, 6.45) is 1.53. The zero-order valence-corrected chi connectivity index (χ0v) is 8.18. The second-order valence-corrected chi connectivity index (χ2v) is 4.26. The molecule has 0 amide bonds. The Bertz CT molecular complexity index is 387. The third kappa shape index (κ3) is 2.16. The van der Waals surface area contributed by atoms with Crippen LogP contribution in [0.3, 0.4) is 0 Å². The first-order valence-electron chi connectivity index (χ1n) is 3.51. The van der Waals surface area contributed by atoms with Crippen LogP contribution in [0.25, 0.3) is 0 Å². The van der Waals surface area contributed by atoms with Crippen molar-refractivity contribution in [3.8, 4) is 0 Å². The Morgan fingerprint density at radius 3 is 3.00 bits per heavy atom. The van der Waals surface area contributed by atoms with Crippen molar-refractivity contribution < 1.29 is 0 Å². The van der Waals surface area contributed by atoms with E-state index in [2.05, 4.69) is 14.3 Å². The molecule has 0 aliphatic rings. The Morgan fingerprint density at radius 1 is 1.38 bits per heavy atom. The number of pyridine rings is 1. The maximum absolute atomic E-state index is 5.53. The molecule has 0 aliphatic heterocycles. The van der Waals surface area contributed by atoms with Crippen LogP contribution in [0.2, 0.25) is 0 Å². The quantitative estimate of drug-likeness (QED) is 0.816. The molecule has 4 nitrogen and oxygen atoms in total. The Kier molecular flexibility index (Phi) is 2.42. The van der Waals surface area contributed by atoms with Gasteiger partial charge in [0.2, 0.25) is 0 Å². The van der Waals surface area contributed by atoms with Gasteiger partial charge in [0.25, 0.3) is 0 Å². The normalized spacial score (nSPS) is 10.2. The van der Waals surface area contributed by atoms with E-state index in [1.807, 2.05) is 12.1 Å². The first-order valence-corrected chi connectivity index (χ1v) is 5.10. The van der Waals surface area contributed by atoms with Gasteiger partial charge in [-0.05, 0) is 35.4 Å². The maximum Gasteiger partial charge on any atom is 0.175 e. The van der Waals surface area contributed by atoms with Crippen molar-refractivity contribution in [2.24, 2.45) is 0 Å². The number of nitrogen functional groups attached to an aromatic ring is 1. The van der Waals surface area contributed by atoms with Gasteiger partial charge < -0.3 is 5.73 Å². The number of hydrogen-bond donors (Lipinski definition) is 1. The molecule has 66 valence electrons. The molecule has 0 spiro atoms. The van der Waals surface area contributed by atoms with Gasteiger partial charge in [-0.15, -0.1) is 0 Å². The summed E-state index contributed by atoms with van der Waals surface area (Å²) in [5.41, 5.74) is 5.53. The highest BCUT2D eigenvalue weighted by Crippen LogP contribution is 2.26. The minimum Gasteiger partial charge on any atom is -0.384 e. The third-order valence-electron chi connectivity index (χ3n) is 1.28.